The highest BCUT2D eigenvalue weighted by Gasteiger charge is 2.15. The molecule has 0 radical (unpaired) electrons. The lowest BCUT2D eigenvalue weighted by atomic mass is 9.89. The van der Waals surface area contributed by atoms with E-state index in [4.69, 9.17) is 0 Å². The summed E-state index contributed by atoms with van der Waals surface area (Å²) in [6.45, 7) is 4.86. The average Bonchev–Trinajstić information content (AvgIpc) is 2.40. The molecule has 1 amide bonds. The van der Waals surface area contributed by atoms with Gasteiger partial charge in [0, 0.05) is 12.1 Å². The number of hydrogen-bond donors (Lipinski definition) is 1. The van der Waals surface area contributed by atoms with Crippen LogP contribution in [-0.4, -0.2) is 12.5 Å². The van der Waals surface area contributed by atoms with E-state index in [2.05, 4.69) is 5.32 Å². The maximum absolute atomic E-state index is 12.1. The minimum Gasteiger partial charge on any atom is -0.352 e. The molecule has 1 aromatic rings. The molecule has 1 N–H and O–H groups in total. The largest absolute Gasteiger partial charge is 0.352 e. The molecule has 98 valence electrons. The lowest BCUT2D eigenvalue weighted by Crippen LogP contribution is -2.30. The summed E-state index contributed by atoms with van der Waals surface area (Å²) in [5.41, 5.74) is 3.02. The number of carbonyl (C=O) groups is 1. The number of carbonyl (C=O) groups excluding carboxylic acids is 1. The molecule has 0 heterocycles. The molecule has 0 spiro atoms. The van der Waals surface area contributed by atoms with Crippen LogP contribution in [0.1, 0.15) is 53.6 Å². The van der Waals surface area contributed by atoms with E-state index in [-0.39, 0.29) is 5.91 Å². The van der Waals surface area contributed by atoms with E-state index in [0.29, 0.717) is 5.92 Å². The minimum absolute atomic E-state index is 0.0850. The Labute approximate surface area is 110 Å². The van der Waals surface area contributed by atoms with Crippen molar-refractivity contribution in [3.05, 3.63) is 34.9 Å². The van der Waals surface area contributed by atoms with E-state index in [0.717, 1.165) is 23.2 Å². The third kappa shape index (κ3) is 3.34. The SMILES string of the molecule is Cc1ccc(C)c(C(=O)NCC2CCCCC2)c1. The van der Waals surface area contributed by atoms with Gasteiger partial charge in [0.25, 0.3) is 5.91 Å². The molecule has 0 atom stereocenters. The third-order valence-electron chi connectivity index (χ3n) is 3.91. The highest BCUT2D eigenvalue weighted by molar-refractivity contribution is 5.95. The van der Waals surface area contributed by atoms with Crippen LogP contribution in [-0.2, 0) is 0 Å². The van der Waals surface area contributed by atoms with Gasteiger partial charge in [0.2, 0.25) is 0 Å². The van der Waals surface area contributed by atoms with Crippen molar-refractivity contribution in [2.75, 3.05) is 6.54 Å². The Balaban J connectivity index is 1.92. The molecule has 2 heteroatoms. The summed E-state index contributed by atoms with van der Waals surface area (Å²) < 4.78 is 0. The number of hydrogen-bond acceptors (Lipinski definition) is 1. The van der Waals surface area contributed by atoms with Crippen molar-refractivity contribution in [1.82, 2.24) is 5.32 Å². The maximum Gasteiger partial charge on any atom is 0.251 e. The highest BCUT2D eigenvalue weighted by Crippen LogP contribution is 2.23. The van der Waals surface area contributed by atoms with Gasteiger partial charge in [-0.3, -0.25) is 4.79 Å². The summed E-state index contributed by atoms with van der Waals surface area (Å²) in [4.78, 5) is 12.1. The molecule has 0 bridgehead atoms. The fraction of sp³-hybridized carbons (Fsp3) is 0.562. The van der Waals surface area contributed by atoms with Gasteiger partial charge in [-0.05, 0) is 44.2 Å². The van der Waals surface area contributed by atoms with E-state index in [9.17, 15) is 4.79 Å². The fourth-order valence-corrected chi connectivity index (χ4v) is 2.70. The molecule has 0 saturated heterocycles. The van der Waals surface area contributed by atoms with Gasteiger partial charge < -0.3 is 5.32 Å². The Kier molecular flexibility index (Phi) is 4.40. The minimum atomic E-state index is 0.0850. The van der Waals surface area contributed by atoms with E-state index in [1.807, 2.05) is 32.0 Å². The number of amides is 1. The van der Waals surface area contributed by atoms with Gasteiger partial charge in [-0.1, -0.05) is 37.0 Å². The fourth-order valence-electron chi connectivity index (χ4n) is 2.70. The van der Waals surface area contributed by atoms with Crippen LogP contribution in [0, 0.1) is 19.8 Å². The normalized spacial score (nSPS) is 16.6. The number of rotatable bonds is 3. The molecule has 1 fully saturated rings. The van der Waals surface area contributed by atoms with Crippen molar-refractivity contribution in [2.24, 2.45) is 5.92 Å². The van der Waals surface area contributed by atoms with Crippen LogP contribution < -0.4 is 5.32 Å². The summed E-state index contributed by atoms with van der Waals surface area (Å²) in [6, 6.07) is 6.05. The first kappa shape index (κ1) is 13.1. The van der Waals surface area contributed by atoms with Gasteiger partial charge in [-0.2, -0.15) is 0 Å². The van der Waals surface area contributed by atoms with Crippen LogP contribution in [0.4, 0.5) is 0 Å². The Bertz CT molecular complexity index is 419. The molecule has 1 aromatic carbocycles. The average molecular weight is 245 g/mol. The first-order valence-electron chi connectivity index (χ1n) is 7.02. The number of aryl methyl sites for hydroxylation is 2. The van der Waals surface area contributed by atoms with Crippen molar-refractivity contribution < 1.29 is 4.79 Å². The molecule has 18 heavy (non-hydrogen) atoms. The Hall–Kier alpha value is -1.31. The van der Waals surface area contributed by atoms with Crippen molar-refractivity contribution in [3.63, 3.8) is 0 Å². The van der Waals surface area contributed by atoms with Crippen molar-refractivity contribution in [3.8, 4) is 0 Å². The standard InChI is InChI=1S/C16H23NO/c1-12-8-9-13(2)15(10-12)16(18)17-11-14-6-4-3-5-7-14/h8-10,14H,3-7,11H2,1-2H3,(H,17,18). The van der Waals surface area contributed by atoms with Gasteiger partial charge in [0.15, 0.2) is 0 Å². The molecule has 1 aliphatic carbocycles. The van der Waals surface area contributed by atoms with Crippen LogP contribution in [0.25, 0.3) is 0 Å². The van der Waals surface area contributed by atoms with Crippen LogP contribution in [0.3, 0.4) is 0 Å². The second-order valence-corrected chi connectivity index (χ2v) is 5.53. The van der Waals surface area contributed by atoms with E-state index in [1.165, 1.54) is 32.1 Å². The Morgan fingerprint density at radius 2 is 1.94 bits per heavy atom. The van der Waals surface area contributed by atoms with E-state index >= 15 is 0 Å². The monoisotopic (exact) mass is 245 g/mol. The topological polar surface area (TPSA) is 29.1 Å². The number of benzene rings is 1. The van der Waals surface area contributed by atoms with Gasteiger partial charge in [-0.15, -0.1) is 0 Å². The Morgan fingerprint density at radius 1 is 1.22 bits per heavy atom. The number of nitrogens with one attached hydrogen (secondary N) is 1. The van der Waals surface area contributed by atoms with Crippen molar-refractivity contribution in [2.45, 2.75) is 46.0 Å². The molecule has 0 aromatic heterocycles. The van der Waals surface area contributed by atoms with Gasteiger partial charge in [0.1, 0.15) is 0 Å². The van der Waals surface area contributed by atoms with Crippen LogP contribution in [0.2, 0.25) is 0 Å². The summed E-state index contributed by atoms with van der Waals surface area (Å²) in [5.74, 6) is 0.773. The lowest BCUT2D eigenvalue weighted by Gasteiger charge is -2.22. The molecule has 0 unspecified atom stereocenters. The van der Waals surface area contributed by atoms with Crippen LogP contribution in [0.5, 0.6) is 0 Å². The van der Waals surface area contributed by atoms with Crippen molar-refractivity contribution >= 4 is 5.91 Å². The molecule has 0 aliphatic heterocycles. The summed E-state index contributed by atoms with van der Waals surface area (Å²) in [7, 11) is 0. The molecule has 2 nitrogen and oxygen atoms in total. The zero-order valence-corrected chi connectivity index (χ0v) is 11.5. The lowest BCUT2D eigenvalue weighted by molar-refractivity contribution is 0.0943. The summed E-state index contributed by atoms with van der Waals surface area (Å²) in [5, 5.41) is 3.10. The predicted molar refractivity (Wildman–Crippen MR) is 74.8 cm³/mol. The smallest absolute Gasteiger partial charge is 0.251 e. The maximum atomic E-state index is 12.1. The van der Waals surface area contributed by atoms with Gasteiger partial charge >= 0.3 is 0 Å². The van der Waals surface area contributed by atoms with Gasteiger partial charge in [-0.25, -0.2) is 0 Å². The molecular formula is C16H23NO. The first-order valence-corrected chi connectivity index (χ1v) is 7.02. The molecule has 2 rings (SSSR count). The van der Waals surface area contributed by atoms with Gasteiger partial charge in [0.05, 0.1) is 0 Å². The molecule has 1 saturated carbocycles. The quantitative estimate of drug-likeness (QED) is 0.866. The third-order valence-corrected chi connectivity index (χ3v) is 3.91. The highest BCUT2D eigenvalue weighted by atomic mass is 16.1. The zero-order chi connectivity index (χ0) is 13.0. The van der Waals surface area contributed by atoms with E-state index < -0.39 is 0 Å². The van der Waals surface area contributed by atoms with E-state index in [1.54, 1.807) is 0 Å². The zero-order valence-electron chi connectivity index (χ0n) is 11.5. The second-order valence-electron chi connectivity index (χ2n) is 5.53. The summed E-state index contributed by atoms with van der Waals surface area (Å²) in [6.07, 6.45) is 6.55. The van der Waals surface area contributed by atoms with Crippen molar-refractivity contribution in [1.29, 1.82) is 0 Å². The second kappa shape index (κ2) is 6.03. The molecule has 1 aliphatic rings. The summed E-state index contributed by atoms with van der Waals surface area (Å²) >= 11 is 0. The van der Waals surface area contributed by atoms with Crippen LogP contribution >= 0.6 is 0 Å². The molecular weight excluding hydrogens is 222 g/mol. The first-order chi connectivity index (χ1) is 8.66. The Morgan fingerprint density at radius 3 is 2.67 bits per heavy atom. The predicted octanol–water partition coefficient (Wildman–Crippen LogP) is 3.61. The van der Waals surface area contributed by atoms with Crippen LogP contribution in [0.15, 0.2) is 18.2 Å².